The SMILES string of the molecule is CCN([Si](CC)CC)[Si](CC)(CC)CC. The van der Waals surface area contributed by atoms with Gasteiger partial charge < -0.3 is 4.23 Å². The van der Waals surface area contributed by atoms with Gasteiger partial charge in [0.15, 0.2) is 0 Å². The van der Waals surface area contributed by atoms with E-state index in [2.05, 4.69) is 45.8 Å². The molecule has 0 aromatic carbocycles. The number of hydrogen-bond donors (Lipinski definition) is 0. The number of nitrogens with zero attached hydrogens (tertiary/aromatic N) is 1. The summed E-state index contributed by atoms with van der Waals surface area (Å²) in [6, 6.07) is 7.18. The lowest BCUT2D eigenvalue weighted by atomic mass is 10.8. The van der Waals surface area contributed by atoms with Gasteiger partial charge in [0.05, 0.1) is 0 Å². The van der Waals surface area contributed by atoms with E-state index in [-0.39, 0.29) is 8.96 Å². The largest absolute Gasteiger partial charge is 0.346 e. The summed E-state index contributed by atoms with van der Waals surface area (Å²) in [6.45, 7) is 15.7. The molecule has 0 aromatic rings. The molecule has 0 aliphatic rings. The minimum atomic E-state index is -1.07. The van der Waals surface area contributed by atoms with Crippen molar-refractivity contribution in [2.45, 2.75) is 71.8 Å². The fourth-order valence-corrected chi connectivity index (χ4v) is 12.9. The van der Waals surface area contributed by atoms with Crippen molar-refractivity contribution >= 4 is 17.2 Å². The van der Waals surface area contributed by atoms with Crippen molar-refractivity contribution in [1.82, 2.24) is 4.23 Å². The van der Waals surface area contributed by atoms with Crippen LogP contribution in [0.4, 0.5) is 0 Å². The predicted molar refractivity (Wildman–Crippen MR) is 76.3 cm³/mol. The van der Waals surface area contributed by atoms with Gasteiger partial charge in [0.1, 0.15) is 17.2 Å². The third-order valence-corrected chi connectivity index (χ3v) is 14.6. The summed E-state index contributed by atoms with van der Waals surface area (Å²) in [7, 11) is -1.28. The van der Waals surface area contributed by atoms with E-state index in [1.54, 1.807) is 0 Å². The predicted octanol–water partition coefficient (Wildman–Crippen LogP) is 4.34. The number of hydrogen-bond acceptors (Lipinski definition) is 1. The molecule has 0 N–H and O–H groups in total. The van der Waals surface area contributed by atoms with Crippen LogP contribution in [-0.2, 0) is 0 Å². The van der Waals surface area contributed by atoms with E-state index in [1.807, 2.05) is 0 Å². The average Bonchev–Trinajstić information content (AvgIpc) is 2.30. The lowest BCUT2D eigenvalue weighted by molar-refractivity contribution is 0.632. The first-order valence-electron chi connectivity index (χ1n) is 6.77. The third kappa shape index (κ3) is 3.43. The summed E-state index contributed by atoms with van der Waals surface area (Å²) < 4.78 is 3.00. The van der Waals surface area contributed by atoms with Crippen molar-refractivity contribution in [1.29, 1.82) is 0 Å². The van der Waals surface area contributed by atoms with Crippen LogP contribution < -0.4 is 0 Å². The Morgan fingerprint density at radius 3 is 1.40 bits per heavy atom. The minimum Gasteiger partial charge on any atom is -0.346 e. The van der Waals surface area contributed by atoms with Gasteiger partial charge in [-0.25, -0.2) is 0 Å². The molecule has 0 fully saturated rings. The Kier molecular flexibility index (Phi) is 7.83. The third-order valence-electron chi connectivity index (χ3n) is 4.06. The minimum absolute atomic E-state index is 0.210. The summed E-state index contributed by atoms with van der Waals surface area (Å²) in [6.07, 6.45) is 0. The van der Waals surface area contributed by atoms with E-state index >= 15 is 0 Å². The summed E-state index contributed by atoms with van der Waals surface area (Å²) in [5.41, 5.74) is 0. The van der Waals surface area contributed by atoms with Crippen molar-refractivity contribution in [3.05, 3.63) is 0 Å². The Balaban J connectivity index is 4.86. The van der Waals surface area contributed by atoms with Crippen LogP contribution in [0.5, 0.6) is 0 Å². The number of rotatable bonds is 8. The standard InChI is InChI=1S/C12H30NSi2/c1-7-13(14(8-2)9-3)15(10-4,11-5)12-6/h7-12H2,1-6H3. The van der Waals surface area contributed by atoms with E-state index in [4.69, 9.17) is 0 Å². The smallest absolute Gasteiger partial charge is 0.128 e. The second kappa shape index (κ2) is 7.63. The normalized spacial score (nSPS) is 12.8. The van der Waals surface area contributed by atoms with Crippen LogP contribution in [0.2, 0.25) is 30.2 Å². The zero-order valence-corrected chi connectivity index (χ0v) is 13.7. The average molecular weight is 245 g/mol. The molecule has 0 aliphatic carbocycles. The van der Waals surface area contributed by atoms with Gasteiger partial charge in [-0.2, -0.15) is 0 Å². The highest BCUT2D eigenvalue weighted by Gasteiger charge is 2.36. The van der Waals surface area contributed by atoms with Gasteiger partial charge >= 0.3 is 0 Å². The van der Waals surface area contributed by atoms with E-state index in [0.717, 1.165) is 0 Å². The lowest BCUT2D eigenvalue weighted by Gasteiger charge is -2.44. The first-order chi connectivity index (χ1) is 7.15. The van der Waals surface area contributed by atoms with Gasteiger partial charge in [-0.05, 0) is 36.8 Å². The van der Waals surface area contributed by atoms with Crippen LogP contribution in [-0.4, -0.2) is 28.0 Å². The molecule has 0 heterocycles. The Morgan fingerprint density at radius 2 is 1.20 bits per heavy atom. The van der Waals surface area contributed by atoms with Crippen molar-refractivity contribution < 1.29 is 0 Å². The molecule has 1 nitrogen and oxygen atoms in total. The fraction of sp³-hybridized carbons (Fsp3) is 1.00. The summed E-state index contributed by atoms with van der Waals surface area (Å²) >= 11 is 0. The van der Waals surface area contributed by atoms with Crippen molar-refractivity contribution in [2.24, 2.45) is 0 Å². The Labute approximate surface area is 100 Å². The molecule has 0 aliphatic heterocycles. The van der Waals surface area contributed by atoms with Gasteiger partial charge in [0.25, 0.3) is 0 Å². The second-order valence-electron chi connectivity index (χ2n) is 4.30. The molecule has 0 unspecified atom stereocenters. The topological polar surface area (TPSA) is 3.24 Å². The Morgan fingerprint density at radius 1 is 0.800 bits per heavy atom. The molecule has 0 amide bonds. The fourth-order valence-electron chi connectivity index (χ4n) is 2.85. The van der Waals surface area contributed by atoms with Crippen molar-refractivity contribution in [3.8, 4) is 0 Å². The lowest BCUT2D eigenvalue weighted by Crippen LogP contribution is -2.58. The van der Waals surface area contributed by atoms with Gasteiger partial charge in [0, 0.05) is 0 Å². The maximum absolute atomic E-state index is 3.00. The zero-order valence-electron chi connectivity index (χ0n) is 11.7. The molecular weight excluding hydrogens is 214 g/mol. The summed E-state index contributed by atoms with van der Waals surface area (Å²) in [5, 5.41) is 0. The first-order valence-corrected chi connectivity index (χ1v) is 11.2. The molecule has 91 valence electrons. The molecule has 0 atom stereocenters. The highest BCUT2D eigenvalue weighted by atomic mass is 28.4. The van der Waals surface area contributed by atoms with Gasteiger partial charge in [-0.1, -0.05) is 41.5 Å². The van der Waals surface area contributed by atoms with Crippen LogP contribution >= 0.6 is 0 Å². The maximum atomic E-state index is 3.00. The molecule has 0 bridgehead atoms. The quantitative estimate of drug-likeness (QED) is 0.574. The maximum Gasteiger partial charge on any atom is 0.128 e. The van der Waals surface area contributed by atoms with E-state index in [9.17, 15) is 0 Å². The molecule has 1 radical (unpaired) electrons. The monoisotopic (exact) mass is 244 g/mol. The van der Waals surface area contributed by atoms with E-state index < -0.39 is 8.24 Å². The van der Waals surface area contributed by atoms with Crippen LogP contribution in [0.25, 0.3) is 0 Å². The molecule has 0 aromatic heterocycles. The highest BCUT2D eigenvalue weighted by molar-refractivity contribution is 6.85. The van der Waals surface area contributed by atoms with Crippen LogP contribution in [0.15, 0.2) is 0 Å². The highest BCUT2D eigenvalue weighted by Crippen LogP contribution is 2.27. The Hall–Kier alpha value is 0.394. The molecule has 0 saturated heterocycles. The van der Waals surface area contributed by atoms with Gasteiger partial charge in [0.2, 0.25) is 0 Å². The van der Waals surface area contributed by atoms with Gasteiger partial charge in [-0.15, -0.1) is 0 Å². The van der Waals surface area contributed by atoms with E-state index in [0.29, 0.717) is 0 Å². The van der Waals surface area contributed by atoms with Crippen LogP contribution in [0, 0.1) is 0 Å². The second-order valence-corrected chi connectivity index (χ2v) is 12.9. The van der Waals surface area contributed by atoms with Crippen molar-refractivity contribution in [2.75, 3.05) is 6.54 Å². The Bertz CT molecular complexity index is 145. The molecule has 3 heteroatoms. The molecule has 0 spiro atoms. The molecule has 15 heavy (non-hydrogen) atoms. The molecule has 0 saturated carbocycles. The molecular formula is C12H30NSi2. The summed E-state index contributed by atoms with van der Waals surface area (Å²) in [4.78, 5) is 0. The molecule has 0 rings (SSSR count). The first kappa shape index (κ1) is 15.4. The summed E-state index contributed by atoms with van der Waals surface area (Å²) in [5.74, 6) is 0. The van der Waals surface area contributed by atoms with E-state index in [1.165, 1.54) is 36.8 Å². The van der Waals surface area contributed by atoms with Crippen LogP contribution in [0.1, 0.15) is 41.5 Å². The van der Waals surface area contributed by atoms with Crippen LogP contribution in [0.3, 0.4) is 0 Å². The zero-order chi connectivity index (χ0) is 11.9. The van der Waals surface area contributed by atoms with Crippen molar-refractivity contribution in [3.63, 3.8) is 0 Å². The van der Waals surface area contributed by atoms with Gasteiger partial charge in [-0.3, -0.25) is 0 Å².